The van der Waals surface area contributed by atoms with Crippen LogP contribution in [0, 0.1) is 0 Å². The molecule has 0 bridgehead atoms. The van der Waals surface area contributed by atoms with Gasteiger partial charge in [-0.15, -0.1) is 10.2 Å². The SMILES string of the molecule is O=C1c2ccccc2-c2nc3nnc(Br)n3nc21. The van der Waals surface area contributed by atoms with E-state index in [1.54, 1.807) is 6.07 Å². The van der Waals surface area contributed by atoms with Gasteiger partial charge in [-0.2, -0.15) is 9.61 Å². The second-order valence-electron chi connectivity index (χ2n) is 3.86. The van der Waals surface area contributed by atoms with Crippen molar-refractivity contribution < 1.29 is 4.79 Å². The molecule has 0 fully saturated rings. The highest BCUT2D eigenvalue weighted by molar-refractivity contribution is 9.10. The maximum atomic E-state index is 12.2. The Morgan fingerprint density at radius 1 is 1.06 bits per heavy atom. The van der Waals surface area contributed by atoms with Gasteiger partial charge in [-0.05, 0) is 15.9 Å². The third-order valence-electron chi connectivity index (χ3n) is 2.86. The van der Waals surface area contributed by atoms with E-state index in [-0.39, 0.29) is 5.78 Å². The average molecular weight is 302 g/mol. The lowest BCUT2D eigenvalue weighted by Crippen LogP contribution is -2.05. The molecule has 2 aromatic heterocycles. The smallest absolute Gasteiger partial charge is 0.273 e. The van der Waals surface area contributed by atoms with Gasteiger partial charge in [-0.1, -0.05) is 24.3 Å². The normalized spacial score (nSPS) is 12.8. The van der Waals surface area contributed by atoms with Crippen molar-refractivity contribution in [1.82, 2.24) is 24.8 Å². The van der Waals surface area contributed by atoms with Gasteiger partial charge in [0.2, 0.25) is 10.5 Å². The zero-order chi connectivity index (χ0) is 12.3. The summed E-state index contributed by atoms with van der Waals surface area (Å²) in [4.78, 5) is 16.5. The van der Waals surface area contributed by atoms with Crippen molar-refractivity contribution in [3.05, 3.63) is 40.3 Å². The van der Waals surface area contributed by atoms with Crippen molar-refractivity contribution >= 4 is 27.5 Å². The van der Waals surface area contributed by atoms with Crippen LogP contribution >= 0.6 is 15.9 Å². The molecule has 0 N–H and O–H groups in total. The minimum Gasteiger partial charge on any atom is -0.287 e. The van der Waals surface area contributed by atoms with Gasteiger partial charge in [-0.3, -0.25) is 4.79 Å². The quantitative estimate of drug-likeness (QED) is 0.492. The number of ketones is 1. The Balaban J connectivity index is 2.14. The van der Waals surface area contributed by atoms with Crippen LogP contribution in [0.25, 0.3) is 17.0 Å². The van der Waals surface area contributed by atoms with E-state index >= 15 is 0 Å². The van der Waals surface area contributed by atoms with Crippen molar-refractivity contribution in [3.63, 3.8) is 0 Å². The Hall–Kier alpha value is -2.15. The first kappa shape index (κ1) is 9.84. The minimum atomic E-state index is -0.115. The number of hydrogen-bond acceptors (Lipinski definition) is 5. The molecular formula is C11H4BrN5O. The number of carbonyl (C=O) groups excluding carboxylic acids is 1. The van der Waals surface area contributed by atoms with Crippen LogP contribution in [0.15, 0.2) is 29.0 Å². The second kappa shape index (κ2) is 3.20. The monoisotopic (exact) mass is 301 g/mol. The van der Waals surface area contributed by atoms with Crippen molar-refractivity contribution in [2.75, 3.05) is 0 Å². The summed E-state index contributed by atoms with van der Waals surface area (Å²) < 4.78 is 1.83. The molecule has 6 nitrogen and oxygen atoms in total. The van der Waals surface area contributed by atoms with Gasteiger partial charge in [0.1, 0.15) is 5.69 Å². The number of nitrogens with zero attached hydrogens (tertiary/aromatic N) is 5. The van der Waals surface area contributed by atoms with E-state index in [4.69, 9.17) is 0 Å². The lowest BCUT2D eigenvalue weighted by Gasteiger charge is -1.97. The number of benzene rings is 1. The van der Waals surface area contributed by atoms with Gasteiger partial charge in [0.05, 0.1) is 0 Å². The predicted molar refractivity (Wildman–Crippen MR) is 65.1 cm³/mol. The molecule has 0 aliphatic heterocycles. The molecule has 0 spiro atoms. The largest absolute Gasteiger partial charge is 0.287 e. The molecule has 0 unspecified atom stereocenters. The molecule has 2 heterocycles. The zero-order valence-corrected chi connectivity index (χ0v) is 10.4. The third-order valence-corrected chi connectivity index (χ3v) is 3.36. The molecule has 3 aromatic rings. The Morgan fingerprint density at radius 3 is 2.67 bits per heavy atom. The molecule has 86 valence electrons. The number of aromatic nitrogens is 5. The summed E-state index contributed by atoms with van der Waals surface area (Å²) in [5.41, 5.74) is 2.34. The van der Waals surface area contributed by atoms with Crippen molar-refractivity contribution in [1.29, 1.82) is 0 Å². The third kappa shape index (κ3) is 1.09. The fraction of sp³-hybridized carbons (Fsp3) is 0. The average Bonchev–Trinajstić information content (AvgIpc) is 2.90. The summed E-state index contributed by atoms with van der Waals surface area (Å²) in [7, 11) is 0. The molecule has 0 saturated carbocycles. The Bertz CT molecular complexity index is 825. The highest BCUT2D eigenvalue weighted by atomic mass is 79.9. The van der Waals surface area contributed by atoms with Crippen LogP contribution in [0.1, 0.15) is 16.1 Å². The Labute approximate surface area is 109 Å². The maximum absolute atomic E-state index is 12.2. The van der Waals surface area contributed by atoms with Crippen LogP contribution < -0.4 is 0 Å². The van der Waals surface area contributed by atoms with Crippen LogP contribution in [0.3, 0.4) is 0 Å². The molecule has 18 heavy (non-hydrogen) atoms. The first-order chi connectivity index (χ1) is 8.75. The molecular weight excluding hydrogens is 298 g/mol. The number of rotatable bonds is 0. The maximum Gasteiger partial charge on any atom is 0.273 e. The van der Waals surface area contributed by atoms with Crippen LogP contribution in [-0.4, -0.2) is 30.6 Å². The number of carbonyl (C=O) groups is 1. The number of halogens is 1. The minimum absolute atomic E-state index is 0.115. The summed E-state index contributed by atoms with van der Waals surface area (Å²) in [6.45, 7) is 0. The van der Waals surface area contributed by atoms with Crippen molar-refractivity contribution in [2.45, 2.75) is 0 Å². The molecule has 0 amide bonds. The molecule has 0 radical (unpaired) electrons. The van der Waals surface area contributed by atoms with Crippen molar-refractivity contribution in [3.8, 4) is 11.3 Å². The predicted octanol–water partition coefficient (Wildman–Crippen LogP) is 1.49. The first-order valence-corrected chi connectivity index (χ1v) is 5.98. The fourth-order valence-electron chi connectivity index (χ4n) is 2.07. The van der Waals surface area contributed by atoms with Gasteiger partial charge in [0, 0.05) is 11.1 Å². The molecule has 7 heteroatoms. The van der Waals surface area contributed by atoms with Gasteiger partial charge < -0.3 is 0 Å². The molecule has 4 rings (SSSR count). The van der Waals surface area contributed by atoms with Gasteiger partial charge >= 0.3 is 0 Å². The van der Waals surface area contributed by atoms with Crippen LogP contribution in [0.2, 0.25) is 0 Å². The number of hydrogen-bond donors (Lipinski definition) is 0. The highest BCUT2D eigenvalue weighted by Crippen LogP contribution is 2.33. The Kier molecular flexibility index (Phi) is 1.75. The first-order valence-electron chi connectivity index (χ1n) is 5.19. The highest BCUT2D eigenvalue weighted by Gasteiger charge is 2.30. The van der Waals surface area contributed by atoms with Gasteiger partial charge in [0.15, 0.2) is 5.69 Å². The Morgan fingerprint density at radius 2 is 1.83 bits per heavy atom. The second-order valence-corrected chi connectivity index (χ2v) is 4.57. The molecule has 1 aliphatic carbocycles. The summed E-state index contributed by atoms with van der Waals surface area (Å²) >= 11 is 3.21. The van der Waals surface area contributed by atoms with E-state index < -0.39 is 0 Å². The summed E-state index contributed by atoms with van der Waals surface area (Å²) in [6, 6.07) is 7.32. The van der Waals surface area contributed by atoms with E-state index in [1.165, 1.54) is 4.52 Å². The van der Waals surface area contributed by atoms with E-state index in [0.29, 0.717) is 27.5 Å². The molecule has 0 saturated heterocycles. The lowest BCUT2D eigenvalue weighted by atomic mass is 10.1. The van der Waals surface area contributed by atoms with E-state index in [2.05, 4.69) is 36.2 Å². The number of fused-ring (bicyclic) bond motifs is 4. The van der Waals surface area contributed by atoms with Gasteiger partial charge in [-0.25, -0.2) is 4.98 Å². The van der Waals surface area contributed by atoms with Crippen LogP contribution in [0.5, 0.6) is 0 Å². The van der Waals surface area contributed by atoms with E-state index in [1.807, 2.05) is 18.2 Å². The fourth-order valence-corrected chi connectivity index (χ4v) is 2.38. The van der Waals surface area contributed by atoms with Crippen LogP contribution in [0.4, 0.5) is 0 Å². The molecule has 1 aliphatic rings. The van der Waals surface area contributed by atoms with Crippen LogP contribution in [-0.2, 0) is 0 Å². The van der Waals surface area contributed by atoms with E-state index in [0.717, 1.165) is 5.56 Å². The zero-order valence-electron chi connectivity index (χ0n) is 8.83. The summed E-state index contributed by atoms with van der Waals surface area (Å²) in [5.74, 6) is 0.251. The standard InChI is InChI=1S/C11H4BrN5O/c12-10-14-15-11-13-7-5-3-1-2-4-6(5)9(18)8(7)16-17(10)11/h1-4H. The lowest BCUT2D eigenvalue weighted by molar-refractivity contribution is 0.103. The molecule has 1 aromatic carbocycles. The van der Waals surface area contributed by atoms with E-state index in [9.17, 15) is 4.79 Å². The molecule has 0 atom stereocenters. The van der Waals surface area contributed by atoms with Crippen molar-refractivity contribution in [2.24, 2.45) is 0 Å². The summed E-state index contributed by atoms with van der Waals surface area (Å²) in [5, 5.41) is 11.9. The topological polar surface area (TPSA) is 73.0 Å². The van der Waals surface area contributed by atoms with Gasteiger partial charge in [0.25, 0.3) is 5.78 Å². The summed E-state index contributed by atoms with van der Waals surface area (Å²) in [6.07, 6.45) is 0.